The predicted molar refractivity (Wildman–Crippen MR) is 70.1 cm³/mol. The first kappa shape index (κ1) is 12.9. The minimum atomic E-state index is -0.647. The number of nitrogens with two attached hydrogens (primary N) is 1. The summed E-state index contributed by atoms with van der Waals surface area (Å²) in [6.07, 6.45) is 1.36. The monoisotopic (exact) mass is 261 g/mol. The summed E-state index contributed by atoms with van der Waals surface area (Å²) in [4.78, 5) is 12.0. The normalized spacial score (nSPS) is 10.7. The number of phenolic OH excluding ortho intramolecular Hbond substituents is 1. The van der Waals surface area contributed by atoms with Gasteiger partial charge in [-0.15, -0.1) is 0 Å². The molecule has 0 amide bonds. The molecule has 0 saturated heterocycles. The Balaban J connectivity index is 2.24. The van der Waals surface area contributed by atoms with Gasteiger partial charge >= 0.3 is 5.97 Å². The van der Waals surface area contributed by atoms with Crippen molar-refractivity contribution in [2.24, 2.45) is 0 Å². The average Bonchev–Trinajstić information content (AvgIpc) is 2.74. The molecule has 6 heteroatoms. The van der Waals surface area contributed by atoms with Gasteiger partial charge < -0.3 is 15.6 Å². The third kappa shape index (κ3) is 2.52. The molecule has 1 heterocycles. The van der Waals surface area contributed by atoms with E-state index in [2.05, 4.69) is 5.10 Å². The number of hydrogen-bond acceptors (Lipinski definition) is 5. The standard InChI is InChI=1S/C13H15N3O3/c1-8(2)16-12(14)9(7-15-16)13(18)19-11-6-4-3-5-10(11)17/h3-8,17H,14H2,1-2H3. The lowest BCUT2D eigenvalue weighted by atomic mass is 10.3. The summed E-state index contributed by atoms with van der Waals surface area (Å²) >= 11 is 0. The van der Waals surface area contributed by atoms with Crippen LogP contribution in [0.3, 0.4) is 0 Å². The second kappa shape index (κ2) is 5.01. The second-order valence-corrected chi connectivity index (χ2v) is 4.34. The summed E-state index contributed by atoms with van der Waals surface area (Å²) in [5.41, 5.74) is 6.01. The highest BCUT2D eigenvalue weighted by atomic mass is 16.5. The number of benzene rings is 1. The van der Waals surface area contributed by atoms with Gasteiger partial charge in [-0.05, 0) is 26.0 Å². The van der Waals surface area contributed by atoms with E-state index in [4.69, 9.17) is 10.5 Å². The van der Waals surface area contributed by atoms with E-state index in [0.29, 0.717) is 0 Å². The van der Waals surface area contributed by atoms with E-state index in [-0.39, 0.29) is 28.9 Å². The second-order valence-electron chi connectivity index (χ2n) is 4.34. The van der Waals surface area contributed by atoms with Gasteiger partial charge in [-0.3, -0.25) is 0 Å². The van der Waals surface area contributed by atoms with Crippen LogP contribution in [0.4, 0.5) is 5.82 Å². The Morgan fingerprint density at radius 3 is 2.68 bits per heavy atom. The zero-order chi connectivity index (χ0) is 14.0. The maximum Gasteiger partial charge on any atom is 0.349 e. The van der Waals surface area contributed by atoms with E-state index < -0.39 is 5.97 Å². The molecule has 0 spiro atoms. The van der Waals surface area contributed by atoms with Crippen LogP contribution in [0.25, 0.3) is 0 Å². The summed E-state index contributed by atoms with van der Waals surface area (Å²) < 4.78 is 6.61. The lowest BCUT2D eigenvalue weighted by molar-refractivity contribution is 0.0730. The zero-order valence-corrected chi connectivity index (χ0v) is 10.7. The van der Waals surface area contributed by atoms with Gasteiger partial charge in [-0.2, -0.15) is 5.10 Å². The third-order valence-electron chi connectivity index (χ3n) is 2.61. The molecule has 0 aliphatic carbocycles. The topological polar surface area (TPSA) is 90.4 Å². The lowest BCUT2D eigenvalue weighted by Crippen LogP contribution is -2.13. The van der Waals surface area contributed by atoms with Crippen molar-refractivity contribution in [3.63, 3.8) is 0 Å². The molecular formula is C13H15N3O3. The number of carbonyl (C=O) groups is 1. The molecular weight excluding hydrogens is 246 g/mol. The van der Waals surface area contributed by atoms with Crippen LogP contribution in [0.15, 0.2) is 30.5 Å². The molecule has 2 aromatic rings. The number of phenols is 1. The average molecular weight is 261 g/mol. The minimum absolute atomic E-state index is 0.0479. The van der Waals surface area contributed by atoms with Crippen LogP contribution < -0.4 is 10.5 Å². The molecule has 0 unspecified atom stereocenters. The molecule has 0 fully saturated rings. The number of esters is 1. The van der Waals surface area contributed by atoms with Crippen LogP contribution in [-0.2, 0) is 0 Å². The van der Waals surface area contributed by atoms with Crippen LogP contribution in [0.1, 0.15) is 30.2 Å². The SMILES string of the molecule is CC(C)n1ncc(C(=O)Oc2ccccc2O)c1N. The highest BCUT2D eigenvalue weighted by Crippen LogP contribution is 2.26. The largest absolute Gasteiger partial charge is 0.504 e. The molecule has 0 saturated carbocycles. The van der Waals surface area contributed by atoms with Gasteiger partial charge in [0.05, 0.1) is 6.20 Å². The van der Waals surface area contributed by atoms with Crippen LogP contribution in [0.2, 0.25) is 0 Å². The van der Waals surface area contributed by atoms with Crippen LogP contribution in [0.5, 0.6) is 11.5 Å². The molecule has 0 aliphatic heterocycles. The number of para-hydroxylation sites is 2. The number of ether oxygens (including phenoxy) is 1. The molecule has 0 atom stereocenters. The number of aromatic hydroxyl groups is 1. The van der Waals surface area contributed by atoms with Gasteiger partial charge in [-0.25, -0.2) is 9.48 Å². The summed E-state index contributed by atoms with van der Waals surface area (Å²) in [7, 11) is 0. The number of carbonyl (C=O) groups excluding carboxylic acids is 1. The predicted octanol–water partition coefficient (Wildman–Crippen LogP) is 1.97. The number of nitrogen functional groups attached to an aromatic ring is 1. The first-order chi connectivity index (χ1) is 9.00. The molecule has 1 aromatic carbocycles. The third-order valence-corrected chi connectivity index (χ3v) is 2.61. The summed E-state index contributed by atoms with van der Waals surface area (Å²) in [6, 6.07) is 6.27. The van der Waals surface area contributed by atoms with Crippen molar-refractivity contribution in [2.75, 3.05) is 5.73 Å². The molecule has 6 nitrogen and oxygen atoms in total. The van der Waals surface area contributed by atoms with E-state index in [1.807, 2.05) is 13.8 Å². The fourth-order valence-electron chi connectivity index (χ4n) is 1.64. The van der Waals surface area contributed by atoms with E-state index >= 15 is 0 Å². The van der Waals surface area contributed by atoms with Gasteiger partial charge in [0.1, 0.15) is 11.4 Å². The number of nitrogens with zero attached hydrogens (tertiary/aromatic N) is 2. The van der Waals surface area contributed by atoms with Gasteiger partial charge in [-0.1, -0.05) is 12.1 Å². The first-order valence-corrected chi connectivity index (χ1v) is 5.84. The lowest BCUT2D eigenvalue weighted by Gasteiger charge is -2.08. The number of aromatic nitrogens is 2. The Morgan fingerprint density at radius 1 is 1.42 bits per heavy atom. The van der Waals surface area contributed by atoms with E-state index in [0.717, 1.165) is 0 Å². The Morgan fingerprint density at radius 2 is 2.11 bits per heavy atom. The van der Waals surface area contributed by atoms with Crippen molar-refractivity contribution in [3.8, 4) is 11.5 Å². The molecule has 0 bridgehead atoms. The quantitative estimate of drug-likeness (QED) is 0.651. The Kier molecular flexibility index (Phi) is 3.41. The number of anilines is 1. The highest BCUT2D eigenvalue weighted by molar-refractivity contribution is 5.95. The first-order valence-electron chi connectivity index (χ1n) is 5.84. The Bertz CT molecular complexity index is 605. The fourth-order valence-corrected chi connectivity index (χ4v) is 1.64. The van der Waals surface area contributed by atoms with E-state index in [1.54, 1.807) is 12.1 Å². The minimum Gasteiger partial charge on any atom is -0.504 e. The highest BCUT2D eigenvalue weighted by Gasteiger charge is 2.19. The van der Waals surface area contributed by atoms with Gasteiger partial charge in [0.2, 0.25) is 0 Å². The van der Waals surface area contributed by atoms with Crippen LogP contribution in [0, 0.1) is 0 Å². The Labute approximate surface area is 110 Å². The van der Waals surface area contributed by atoms with Crippen molar-refractivity contribution >= 4 is 11.8 Å². The number of hydrogen-bond donors (Lipinski definition) is 2. The maximum absolute atomic E-state index is 12.0. The van der Waals surface area contributed by atoms with Gasteiger partial charge in [0.25, 0.3) is 0 Å². The van der Waals surface area contributed by atoms with Crippen molar-refractivity contribution in [3.05, 3.63) is 36.0 Å². The molecule has 19 heavy (non-hydrogen) atoms. The Hall–Kier alpha value is -2.50. The van der Waals surface area contributed by atoms with Gasteiger partial charge in [0, 0.05) is 6.04 Å². The van der Waals surface area contributed by atoms with E-state index in [9.17, 15) is 9.90 Å². The van der Waals surface area contributed by atoms with Gasteiger partial charge in [0.15, 0.2) is 11.5 Å². The van der Waals surface area contributed by atoms with Crippen molar-refractivity contribution in [1.82, 2.24) is 9.78 Å². The fraction of sp³-hybridized carbons (Fsp3) is 0.231. The van der Waals surface area contributed by atoms with Crippen molar-refractivity contribution in [1.29, 1.82) is 0 Å². The van der Waals surface area contributed by atoms with Crippen LogP contribution >= 0.6 is 0 Å². The van der Waals surface area contributed by atoms with E-state index in [1.165, 1.54) is 23.0 Å². The molecule has 3 N–H and O–H groups in total. The smallest absolute Gasteiger partial charge is 0.349 e. The van der Waals surface area contributed by atoms with Crippen LogP contribution in [-0.4, -0.2) is 20.9 Å². The summed E-state index contributed by atoms with van der Waals surface area (Å²) in [5, 5.41) is 13.6. The van der Waals surface area contributed by atoms with Crippen molar-refractivity contribution < 1.29 is 14.6 Å². The molecule has 2 rings (SSSR count). The molecule has 0 radical (unpaired) electrons. The summed E-state index contributed by atoms with van der Waals surface area (Å²) in [6.45, 7) is 3.81. The number of rotatable bonds is 3. The zero-order valence-electron chi connectivity index (χ0n) is 10.7. The molecule has 100 valence electrons. The molecule has 1 aromatic heterocycles. The maximum atomic E-state index is 12.0. The molecule has 0 aliphatic rings. The summed E-state index contributed by atoms with van der Waals surface area (Å²) in [5.74, 6) is -0.420. The van der Waals surface area contributed by atoms with Crippen molar-refractivity contribution in [2.45, 2.75) is 19.9 Å².